The highest BCUT2D eigenvalue weighted by atomic mass is 32.2. The summed E-state index contributed by atoms with van der Waals surface area (Å²) >= 11 is 1.47. The molecule has 2 atom stereocenters. The number of pyridine rings is 1. The maximum atomic E-state index is 11.3. The monoisotopic (exact) mass is 394 g/mol. The van der Waals surface area contributed by atoms with Gasteiger partial charge in [-0.25, -0.2) is 0 Å². The third-order valence-electron chi connectivity index (χ3n) is 4.59. The minimum Gasteiger partial charge on any atom is -0.480 e. The molecule has 1 unspecified atom stereocenters. The number of nitrogens with two attached hydrogens (primary N) is 1. The molecular formula is C22H22N2O3S. The minimum atomic E-state index is -1.03. The molecule has 0 saturated heterocycles. The zero-order valence-corrected chi connectivity index (χ0v) is 16.0. The van der Waals surface area contributed by atoms with Gasteiger partial charge in [0.15, 0.2) is 0 Å². The van der Waals surface area contributed by atoms with E-state index in [1.165, 1.54) is 11.8 Å². The van der Waals surface area contributed by atoms with Crippen molar-refractivity contribution in [3.63, 3.8) is 0 Å². The number of aliphatic hydroxyl groups excluding tert-OH is 1. The van der Waals surface area contributed by atoms with Crippen LogP contribution < -0.4 is 5.73 Å². The number of hydrogen-bond acceptors (Lipinski definition) is 5. The molecule has 0 radical (unpaired) electrons. The predicted molar refractivity (Wildman–Crippen MR) is 111 cm³/mol. The summed E-state index contributed by atoms with van der Waals surface area (Å²) in [6, 6.07) is 20.4. The van der Waals surface area contributed by atoms with Crippen LogP contribution in [0.4, 0.5) is 0 Å². The summed E-state index contributed by atoms with van der Waals surface area (Å²) in [6.07, 6.45) is 3.51. The van der Waals surface area contributed by atoms with Gasteiger partial charge in [0.05, 0.1) is 11.4 Å². The Morgan fingerprint density at radius 1 is 1.00 bits per heavy atom. The minimum absolute atomic E-state index is 0.0391. The highest BCUT2D eigenvalue weighted by Crippen LogP contribution is 2.48. The topological polar surface area (TPSA) is 96.4 Å². The van der Waals surface area contributed by atoms with E-state index in [1.54, 1.807) is 12.4 Å². The number of thioether (sulfide) groups is 1. The van der Waals surface area contributed by atoms with Crippen LogP contribution in [0.15, 0.2) is 79.1 Å². The van der Waals surface area contributed by atoms with Crippen LogP contribution in [0.25, 0.3) is 0 Å². The SMILES string of the molecule is N[C@@H](CSC(c1ccccc1)(c1ccc(CO)cc1)c1cccnc1)C(=O)O. The summed E-state index contributed by atoms with van der Waals surface area (Å²) in [7, 11) is 0. The Morgan fingerprint density at radius 2 is 1.64 bits per heavy atom. The van der Waals surface area contributed by atoms with E-state index in [2.05, 4.69) is 4.98 Å². The molecule has 0 aliphatic heterocycles. The first-order valence-corrected chi connectivity index (χ1v) is 9.85. The molecule has 2 aromatic carbocycles. The zero-order valence-electron chi connectivity index (χ0n) is 15.2. The Balaban J connectivity index is 2.20. The standard InChI is InChI=1S/C22H22N2O3S/c23-20(21(26)27)15-28-22(17-5-2-1-3-6-17,19-7-4-12-24-13-19)18-10-8-16(14-25)9-11-18/h1-13,20,25H,14-15,23H2,(H,26,27)/t20-,22?/m0/s1. The van der Waals surface area contributed by atoms with E-state index in [0.29, 0.717) is 0 Å². The van der Waals surface area contributed by atoms with Gasteiger partial charge >= 0.3 is 5.97 Å². The van der Waals surface area contributed by atoms with Gasteiger partial charge in [-0.3, -0.25) is 9.78 Å². The summed E-state index contributed by atoms with van der Waals surface area (Å²) in [5.74, 6) is -0.808. The summed E-state index contributed by atoms with van der Waals surface area (Å²) in [5.41, 5.74) is 9.54. The van der Waals surface area contributed by atoms with Crippen molar-refractivity contribution in [3.05, 3.63) is 101 Å². The molecule has 0 bridgehead atoms. The molecule has 0 spiro atoms. The first kappa shape index (κ1) is 20.1. The zero-order chi connectivity index (χ0) is 20.0. The van der Waals surface area contributed by atoms with Crippen LogP contribution in [0.2, 0.25) is 0 Å². The van der Waals surface area contributed by atoms with Crippen molar-refractivity contribution in [3.8, 4) is 0 Å². The molecule has 28 heavy (non-hydrogen) atoms. The summed E-state index contributed by atoms with van der Waals surface area (Å²) in [5, 5.41) is 18.7. The number of nitrogens with zero attached hydrogens (tertiary/aromatic N) is 1. The van der Waals surface area contributed by atoms with Crippen LogP contribution in [0.1, 0.15) is 22.3 Å². The average molecular weight is 394 g/mol. The van der Waals surface area contributed by atoms with Gasteiger partial charge in [0.25, 0.3) is 0 Å². The second kappa shape index (κ2) is 9.01. The quantitative estimate of drug-likeness (QED) is 0.543. The van der Waals surface area contributed by atoms with E-state index >= 15 is 0 Å². The van der Waals surface area contributed by atoms with Crippen LogP contribution in [0.3, 0.4) is 0 Å². The second-order valence-corrected chi connectivity index (χ2v) is 7.63. The van der Waals surface area contributed by atoms with E-state index in [9.17, 15) is 15.0 Å². The lowest BCUT2D eigenvalue weighted by molar-refractivity contribution is -0.137. The number of rotatable bonds is 8. The number of aliphatic hydroxyl groups is 1. The largest absolute Gasteiger partial charge is 0.480 e. The molecule has 0 saturated carbocycles. The van der Waals surface area contributed by atoms with Crippen LogP contribution in [-0.2, 0) is 16.1 Å². The Kier molecular flexibility index (Phi) is 6.46. The van der Waals surface area contributed by atoms with Gasteiger partial charge in [-0.2, -0.15) is 0 Å². The number of aliphatic carboxylic acids is 1. The van der Waals surface area contributed by atoms with Crippen LogP contribution in [0, 0.1) is 0 Å². The van der Waals surface area contributed by atoms with Crippen molar-refractivity contribution in [2.75, 3.05) is 5.75 Å². The molecule has 0 aliphatic rings. The molecule has 0 amide bonds. The number of hydrogen-bond donors (Lipinski definition) is 3. The fourth-order valence-corrected chi connectivity index (χ4v) is 4.59. The lowest BCUT2D eigenvalue weighted by Crippen LogP contribution is -2.36. The molecule has 4 N–H and O–H groups in total. The highest BCUT2D eigenvalue weighted by molar-refractivity contribution is 8.00. The molecule has 6 heteroatoms. The molecule has 5 nitrogen and oxygen atoms in total. The summed E-state index contributed by atoms with van der Waals surface area (Å²) < 4.78 is -0.684. The van der Waals surface area contributed by atoms with Gasteiger partial charge in [0, 0.05) is 18.1 Å². The molecule has 0 fully saturated rings. The Bertz CT molecular complexity index is 863. The fraction of sp³-hybridized carbons (Fsp3) is 0.182. The van der Waals surface area contributed by atoms with Crippen molar-refractivity contribution in [1.29, 1.82) is 0 Å². The number of aromatic nitrogens is 1. The normalized spacial score (nSPS) is 14.2. The lowest BCUT2D eigenvalue weighted by Gasteiger charge is -2.35. The van der Waals surface area contributed by atoms with Gasteiger partial charge in [-0.15, -0.1) is 11.8 Å². The molecule has 3 aromatic rings. The van der Waals surface area contributed by atoms with Crippen molar-refractivity contribution in [2.24, 2.45) is 5.73 Å². The number of carboxylic acids is 1. The molecule has 144 valence electrons. The number of carbonyl (C=O) groups is 1. The Labute approximate surface area is 168 Å². The second-order valence-electron chi connectivity index (χ2n) is 6.40. The van der Waals surface area contributed by atoms with Gasteiger partial charge in [-0.1, -0.05) is 60.7 Å². The molecule has 1 heterocycles. The average Bonchev–Trinajstić information content (AvgIpc) is 2.76. The maximum absolute atomic E-state index is 11.3. The van der Waals surface area contributed by atoms with E-state index < -0.39 is 16.8 Å². The Hall–Kier alpha value is -2.67. The first-order chi connectivity index (χ1) is 13.6. The fourth-order valence-electron chi connectivity index (χ4n) is 3.12. The van der Waals surface area contributed by atoms with E-state index in [0.717, 1.165) is 22.3 Å². The van der Waals surface area contributed by atoms with Crippen LogP contribution >= 0.6 is 11.8 Å². The summed E-state index contributed by atoms with van der Waals surface area (Å²) in [4.78, 5) is 15.6. The third kappa shape index (κ3) is 4.09. The smallest absolute Gasteiger partial charge is 0.321 e. The van der Waals surface area contributed by atoms with Gasteiger partial charge in [0.1, 0.15) is 6.04 Å². The van der Waals surface area contributed by atoms with Gasteiger partial charge in [-0.05, 0) is 28.3 Å². The van der Waals surface area contributed by atoms with E-state index in [-0.39, 0.29) is 12.4 Å². The summed E-state index contributed by atoms with van der Waals surface area (Å²) in [6.45, 7) is -0.0391. The molecular weight excluding hydrogens is 372 g/mol. The van der Waals surface area contributed by atoms with E-state index in [4.69, 9.17) is 5.73 Å². The third-order valence-corrected chi connectivity index (χ3v) is 6.25. The van der Waals surface area contributed by atoms with Gasteiger partial charge < -0.3 is 15.9 Å². The predicted octanol–water partition coefficient (Wildman–Crippen LogP) is 3.01. The Morgan fingerprint density at radius 3 is 2.21 bits per heavy atom. The van der Waals surface area contributed by atoms with Crippen LogP contribution in [-0.4, -0.2) is 33.0 Å². The molecule has 1 aromatic heterocycles. The van der Waals surface area contributed by atoms with Crippen molar-refractivity contribution in [1.82, 2.24) is 4.98 Å². The van der Waals surface area contributed by atoms with Crippen molar-refractivity contribution < 1.29 is 15.0 Å². The first-order valence-electron chi connectivity index (χ1n) is 8.86. The maximum Gasteiger partial charge on any atom is 0.321 e. The molecule has 0 aliphatic carbocycles. The lowest BCUT2D eigenvalue weighted by atomic mass is 9.84. The van der Waals surface area contributed by atoms with Crippen LogP contribution in [0.5, 0.6) is 0 Å². The van der Waals surface area contributed by atoms with Gasteiger partial charge in [0.2, 0.25) is 0 Å². The van der Waals surface area contributed by atoms with Crippen molar-refractivity contribution >= 4 is 17.7 Å². The van der Waals surface area contributed by atoms with Crippen molar-refractivity contribution in [2.45, 2.75) is 17.4 Å². The molecule has 3 rings (SSSR count). The number of carboxylic acid groups (broad SMARTS) is 1. The van der Waals surface area contributed by atoms with E-state index in [1.807, 2.05) is 66.7 Å². The highest BCUT2D eigenvalue weighted by Gasteiger charge is 2.38. The number of benzene rings is 2.